The average molecular weight is 180 g/mol. The van der Waals surface area contributed by atoms with Gasteiger partial charge in [-0.1, -0.05) is 52.8 Å². The van der Waals surface area contributed by atoms with Gasteiger partial charge in [0.15, 0.2) is 0 Å². The van der Waals surface area contributed by atoms with E-state index in [4.69, 9.17) is 0 Å². The maximum atomic E-state index is 3.83. The number of hydrogen-bond acceptors (Lipinski definition) is 0. The third-order valence-electron chi connectivity index (χ3n) is 3.00. The van der Waals surface area contributed by atoms with Crippen LogP contribution in [0, 0.1) is 10.8 Å². The quantitative estimate of drug-likeness (QED) is 0.555. The summed E-state index contributed by atoms with van der Waals surface area (Å²) >= 11 is 0. The summed E-state index contributed by atoms with van der Waals surface area (Å²) in [5, 5.41) is 0. The van der Waals surface area contributed by atoms with Gasteiger partial charge in [-0.15, -0.1) is 6.58 Å². The smallest absolute Gasteiger partial charge is 0.00637 e. The zero-order valence-electron chi connectivity index (χ0n) is 9.85. The Hall–Kier alpha value is -0.520. The van der Waals surface area contributed by atoms with E-state index in [-0.39, 0.29) is 5.41 Å². The highest BCUT2D eigenvalue weighted by Crippen LogP contribution is 2.42. The predicted molar refractivity (Wildman–Crippen MR) is 61.8 cm³/mol. The molecule has 0 aliphatic rings. The summed E-state index contributed by atoms with van der Waals surface area (Å²) in [7, 11) is 0. The normalized spacial score (nSPS) is 17.3. The molecular weight excluding hydrogens is 156 g/mol. The van der Waals surface area contributed by atoms with E-state index in [0.717, 1.165) is 12.8 Å². The maximum absolute atomic E-state index is 3.83. The van der Waals surface area contributed by atoms with E-state index in [0.29, 0.717) is 5.41 Å². The molecule has 0 heteroatoms. The Kier molecular flexibility index (Phi) is 4.46. The summed E-state index contributed by atoms with van der Waals surface area (Å²) in [5.74, 6) is 0. The minimum atomic E-state index is 0.241. The van der Waals surface area contributed by atoms with E-state index in [1.165, 1.54) is 0 Å². The van der Waals surface area contributed by atoms with Crippen molar-refractivity contribution in [3.05, 3.63) is 24.8 Å². The van der Waals surface area contributed by atoms with Crippen molar-refractivity contribution in [2.24, 2.45) is 10.8 Å². The topological polar surface area (TPSA) is 0 Å². The van der Waals surface area contributed by atoms with Gasteiger partial charge in [0.2, 0.25) is 0 Å². The third kappa shape index (κ3) is 3.38. The van der Waals surface area contributed by atoms with Gasteiger partial charge in [0.05, 0.1) is 0 Å². The molecule has 0 saturated carbocycles. The SMILES string of the molecule is C=CCC(C)(C=CCC)C(C)(C)C. The zero-order valence-corrected chi connectivity index (χ0v) is 9.85. The lowest BCUT2D eigenvalue weighted by atomic mass is 9.66. The van der Waals surface area contributed by atoms with Gasteiger partial charge in [-0.25, -0.2) is 0 Å². The second-order valence-electron chi connectivity index (χ2n) is 4.97. The lowest BCUT2D eigenvalue weighted by Crippen LogP contribution is -2.30. The van der Waals surface area contributed by atoms with Crippen LogP contribution in [-0.4, -0.2) is 0 Å². The first-order valence-electron chi connectivity index (χ1n) is 5.16. The highest BCUT2D eigenvalue weighted by atomic mass is 14.4. The zero-order chi connectivity index (χ0) is 10.5. The molecule has 0 spiro atoms. The molecule has 0 nitrogen and oxygen atoms in total. The Morgan fingerprint density at radius 1 is 1.15 bits per heavy atom. The molecule has 0 bridgehead atoms. The molecule has 0 N–H and O–H groups in total. The fourth-order valence-corrected chi connectivity index (χ4v) is 1.30. The molecule has 0 rings (SSSR count). The van der Waals surface area contributed by atoms with Crippen LogP contribution < -0.4 is 0 Å². The van der Waals surface area contributed by atoms with Crippen LogP contribution >= 0.6 is 0 Å². The van der Waals surface area contributed by atoms with Gasteiger partial charge in [-0.2, -0.15) is 0 Å². The molecule has 0 amide bonds. The number of hydrogen-bond donors (Lipinski definition) is 0. The summed E-state index contributed by atoms with van der Waals surface area (Å²) in [6.45, 7) is 15.2. The standard InChI is InChI=1S/C13H24/c1-7-9-11-13(6,10-8-2)12(3,4)5/h8-9,11H,2,7,10H2,1,3-6H3. The second kappa shape index (κ2) is 4.64. The molecule has 0 fully saturated rings. The molecule has 0 saturated heterocycles. The predicted octanol–water partition coefficient (Wildman–Crippen LogP) is 4.58. The van der Waals surface area contributed by atoms with Crippen LogP contribution in [-0.2, 0) is 0 Å². The summed E-state index contributed by atoms with van der Waals surface area (Å²) in [5.41, 5.74) is 0.539. The van der Waals surface area contributed by atoms with Crippen LogP contribution in [0.1, 0.15) is 47.5 Å². The first kappa shape index (κ1) is 12.5. The monoisotopic (exact) mass is 180 g/mol. The number of rotatable bonds is 4. The summed E-state index contributed by atoms with van der Waals surface area (Å²) in [6.07, 6.45) is 8.78. The van der Waals surface area contributed by atoms with E-state index in [1.807, 2.05) is 6.08 Å². The first-order chi connectivity index (χ1) is 5.87. The molecule has 0 heterocycles. The Labute approximate surface area is 83.7 Å². The van der Waals surface area contributed by atoms with E-state index in [2.05, 4.69) is 53.3 Å². The lowest BCUT2D eigenvalue weighted by Gasteiger charge is -2.39. The summed E-state index contributed by atoms with van der Waals surface area (Å²) < 4.78 is 0. The van der Waals surface area contributed by atoms with Crippen LogP contribution in [0.5, 0.6) is 0 Å². The minimum absolute atomic E-state index is 0.241. The van der Waals surface area contributed by atoms with Gasteiger partial charge in [0.1, 0.15) is 0 Å². The van der Waals surface area contributed by atoms with Gasteiger partial charge in [0, 0.05) is 0 Å². The van der Waals surface area contributed by atoms with Crippen LogP contribution in [0.4, 0.5) is 0 Å². The molecular formula is C13H24. The Balaban J connectivity index is 4.72. The van der Waals surface area contributed by atoms with Crippen molar-refractivity contribution in [3.8, 4) is 0 Å². The molecule has 1 unspecified atom stereocenters. The van der Waals surface area contributed by atoms with Crippen LogP contribution in [0.3, 0.4) is 0 Å². The molecule has 0 aliphatic carbocycles. The van der Waals surface area contributed by atoms with E-state index in [1.54, 1.807) is 0 Å². The van der Waals surface area contributed by atoms with Gasteiger partial charge >= 0.3 is 0 Å². The fourth-order valence-electron chi connectivity index (χ4n) is 1.30. The van der Waals surface area contributed by atoms with Crippen LogP contribution in [0.25, 0.3) is 0 Å². The molecule has 13 heavy (non-hydrogen) atoms. The maximum Gasteiger partial charge on any atom is -0.00637 e. The van der Waals surface area contributed by atoms with Gasteiger partial charge < -0.3 is 0 Å². The minimum Gasteiger partial charge on any atom is -0.103 e. The van der Waals surface area contributed by atoms with Crippen molar-refractivity contribution in [2.75, 3.05) is 0 Å². The van der Waals surface area contributed by atoms with Gasteiger partial charge in [-0.3, -0.25) is 0 Å². The van der Waals surface area contributed by atoms with Crippen molar-refractivity contribution < 1.29 is 0 Å². The molecule has 0 aromatic heterocycles. The summed E-state index contributed by atoms with van der Waals surface area (Å²) in [6, 6.07) is 0. The van der Waals surface area contributed by atoms with Crippen molar-refractivity contribution in [1.82, 2.24) is 0 Å². The van der Waals surface area contributed by atoms with Gasteiger partial charge in [-0.05, 0) is 23.7 Å². The first-order valence-corrected chi connectivity index (χ1v) is 5.16. The molecule has 0 aromatic rings. The van der Waals surface area contributed by atoms with Crippen LogP contribution in [0.2, 0.25) is 0 Å². The van der Waals surface area contributed by atoms with Gasteiger partial charge in [0.25, 0.3) is 0 Å². The van der Waals surface area contributed by atoms with E-state index in [9.17, 15) is 0 Å². The molecule has 76 valence electrons. The highest BCUT2D eigenvalue weighted by Gasteiger charge is 2.33. The van der Waals surface area contributed by atoms with Crippen molar-refractivity contribution >= 4 is 0 Å². The number of allylic oxidation sites excluding steroid dienone is 3. The molecule has 0 aromatic carbocycles. The lowest BCUT2D eigenvalue weighted by molar-refractivity contribution is 0.171. The molecule has 0 aliphatic heterocycles. The fraction of sp³-hybridized carbons (Fsp3) is 0.692. The second-order valence-corrected chi connectivity index (χ2v) is 4.97. The van der Waals surface area contributed by atoms with E-state index < -0.39 is 0 Å². The van der Waals surface area contributed by atoms with Crippen molar-refractivity contribution in [3.63, 3.8) is 0 Å². The average Bonchev–Trinajstić information content (AvgIpc) is 1.99. The largest absolute Gasteiger partial charge is 0.103 e. The Morgan fingerprint density at radius 3 is 2.00 bits per heavy atom. The van der Waals surface area contributed by atoms with Crippen molar-refractivity contribution in [1.29, 1.82) is 0 Å². The van der Waals surface area contributed by atoms with Crippen LogP contribution in [0.15, 0.2) is 24.8 Å². The van der Waals surface area contributed by atoms with Crippen molar-refractivity contribution in [2.45, 2.75) is 47.5 Å². The third-order valence-corrected chi connectivity index (χ3v) is 3.00. The Morgan fingerprint density at radius 2 is 1.69 bits per heavy atom. The summed E-state index contributed by atoms with van der Waals surface area (Å²) in [4.78, 5) is 0. The highest BCUT2D eigenvalue weighted by molar-refractivity contribution is 5.05. The molecule has 0 radical (unpaired) electrons. The van der Waals surface area contributed by atoms with E-state index >= 15 is 0 Å². The molecule has 1 atom stereocenters. The Bertz CT molecular complexity index is 181.